The van der Waals surface area contributed by atoms with E-state index in [0.717, 1.165) is 41.2 Å². The Morgan fingerprint density at radius 1 is 0.968 bits per heavy atom. The molecule has 0 atom stereocenters. The number of urea groups is 1. The lowest BCUT2D eigenvalue weighted by atomic mass is 9.97. The summed E-state index contributed by atoms with van der Waals surface area (Å²) in [6, 6.07) is 17.4. The number of benzene rings is 3. The smallest absolute Gasteiger partial charge is 0.436 e. The maximum Gasteiger partial charge on any atom is 0.436 e. The number of amides is 3. The molecule has 4 rings (SSSR count). The Bertz CT molecular complexity index is 2340. The molecule has 15 nitrogen and oxygen atoms in total. The van der Waals surface area contributed by atoms with E-state index in [9.17, 15) is 27.6 Å². The summed E-state index contributed by atoms with van der Waals surface area (Å²) < 4.78 is 44.2. The van der Waals surface area contributed by atoms with Crippen LogP contribution in [-0.2, 0) is 24.1 Å². The third-order valence-electron chi connectivity index (χ3n) is 8.66. The van der Waals surface area contributed by atoms with Crippen molar-refractivity contribution in [1.82, 2.24) is 5.32 Å². The Morgan fingerprint density at radius 2 is 1.67 bits per heavy atom. The standard InChI is InChI=1S/C38H45N5O8S3.C6H14O2S/c1-23-19-26(40-5)21-29(42-36(46)41-17-8-7-9-18-50-27-15-13-24(14-16-27)34(44)45)32(23)25-11-10-12-28(20-25)54(48,49)31-22-30(53-35(31)52-6)33(39)43-37(47)51-38(2,3)4;1-9(2,3)5-4-8-6-7/h10-16,19-22,40H,7-9,17-18H2,1-6H3,(H,44,45)(H2,39,43,47)(H2,41,42,46);6H,4-5H2,1-3H3. The Balaban J connectivity index is 0.00000105. The zero-order valence-corrected chi connectivity index (χ0v) is 40.4. The zero-order chi connectivity index (χ0) is 47.0. The van der Waals surface area contributed by atoms with Crippen molar-refractivity contribution in [2.24, 2.45) is 10.7 Å². The minimum Gasteiger partial charge on any atom is -0.494 e. The first-order valence-corrected chi connectivity index (χ1v) is 26.3. The molecule has 0 saturated heterocycles. The number of nitrogens with one attached hydrogen (secondary N) is 3. The molecule has 0 bridgehead atoms. The molecule has 344 valence electrons. The molecular weight excluding hydrogens is 887 g/mol. The van der Waals surface area contributed by atoms with Gasteiger partial charge >= 0.3 is 18.1 Å². The van der Waals surface area contributed by atoms with Crippen LogP contribution < -0.4 is 26.4 Å². The van der Waals surface area contributed by atoms with Crippen LogP contribution in [0.3, 0.4) is 0 Å². The molecule has 0 radical (unpaired) electrons. The van der Waals surface area contributed by atoms with Crippen molar-refractivity contribution in [3.63, 3.8) is 0 Å². The number of aryl methyl sites for hydroxylation is 1. The first-order chi connectivity index (χ1) is 29.6. The fourth-order valence-electron chi connectivity index (χ4n) is 5.61. The second kappa shape index (κ2) is 24.0. The number of rotatable bonds is 19. The highest BCUT2D eigenvalue weighted by Crippen LogP contribution is 2.40. The largest absolute Gasteiger partial charge is 0.494 e. The van der Waals surface area contributed by atoms with E-state index in [4.69, 9.17) is 20.3 Å². The van der Waals surface area contributed by atoms with E-state index in [0.29, 0.717) is 64.3 Å². The molecule has 19 heteroatoms. The summed E-state index contributed by atoms with van der Waals surface area (Å²) >= 11 is 2.35. The van der Waals surface area contributed by atoms with Gasteiger partial charge in [0.15, 0.2) is 0 Å². The number of nitrogens with zero attached hydrogens (tertiary/aromatic N) is 1. The van der Waals surface area contributed by atoms with Crippen molar-refractivity contribution < 1.29 is 46.9 Å². The van der Waals surface area contributed by atoms with Gasteiger partial charge in [-0.15, -0.1) is 23.1 Å². The van der Waals surface area contributed by atoms with Gasteiger partial charge in [0.05, 0.1) is 43.3 Å². The fourth-order valence-corrected chi connectivity index (χ4v) is 10.2. The van der Waals surface area contributed by atoms with Crippen LogP contribution in [0.5, 0.6) is 5.75 Å². The number of carboxylic acid groups (broad SMARTS) is 1. The molecule has 1 heterocycles. The number of nitrogens with two attached hydrogens (primary N) is 1. The number of amidine groups is 1. The third-order valence-corrected chi connectivity index (χ3v) is 14.4. The lowest BCUT2D eigenvalue weighted by Crippen LogP contribution is -2.29. The van der Waals surface area contributed by atoms with Crippen LogP contribution in [0.1, 0.15) is 60.8 Å². The SMILES string of the molecule is CNc1cc(C)c(-c2cccc(S(=O)(=O)c3cc(/C(N)=N/C(=O)OC(C)(C)C)sc3SC)c2)c(NC(=O)NCCCCCOc2ccc(C(=O)O)cc2)c1.CS(C)(C)CCOC=O. The zero-order valence-electron chi connectivity index (χ0n) is 37.2. The van der Waals surface area contributed by atoms with Crippen LogP contribution in [-0.4, -0.2) is 107 Å². The van der Waals surface area contributed by atoms with Crippen LogP contribution in [0.25, 0.3) is 11.1 Å². The number of carbonyl (C=O) groups is 4. The topological polar surface area (TPSA) is 225 Å². The predicted octanol–water partition coefficient (Wildman–Crippen LogP) is 8.88. The van der Waals surface area contributed by atoms with Gasteiger partial charge in [-0.2, -0.15) is 4.99 Å². The van der Waals surface area contributed by atoms with Gasteiger partial charge in [-0.1, -0.05) is 12.1 Å². The molecule has 3 amide bonds. The van der Waals surface area contributed by atoms with Crippen LogP contribution in [0.2, 0.25) is 0 Å². The number of unbranched alkanes of at least 4 members (excludes halogenated alkanes) is 2. The van der Waals surface area contributed by atoms with Crippen molar-refractivity contribution in [2.45, 2.75) is 66.6 Å². The number of thiophene rings is 1. The van der Waals surface area contributed by atoms with Crippen molar-refractivity contribution in [1.29, 1.82) is 0 Å². The van der Waals surface area contributed by atoms with Crippen LogP contribution in [0.15, 0.2) is 85.7 Å². The van der Waals surface area contributed by atoms with Gasteiger partial charge in [0.25, 0.3) is 6.47 Å². The van der Waals surface area contributed by atoms with Gasteiger partial charge in [-0.05, 0) is 138 Å². The molecule has 0 spiro atoms. The van der Waals surface area contributed by atoms with Crippen LogP contribution in [0, 0.1) is 6.92 Å². The van der Waals surface area contributed by atoms with Gasteiger partial charge in [0.1, 0.15) is 17.2 Å². The number of sulfone groups is 1. The molecule has 3 aromatic carbocycles. The Kier molecular flexibility index (Phi) is 19.8. The van der Waals surface area contributed by atoms with E-state index in [1.165, 1.54) is 36.0 Å². The van der Waals surface area contributed by atoms with Crippen molar-refractivity contribution in [2.75, 3.05) is 68.2 Å². The first-order valence-electron chi connectivity index (χ1n) is 19.7. The monoisotopic (exact) mass is 945 g/mol. The normalized spacial score (nSPS) is 12.0. The van der Waals surface area contributed by atoms with E-state index in [2.05, 4.69) is 44.4 Å². The number of aliphatic imine (C=N–C) groups is 1. The maximum absolute atomic E-state index is 14.1. The fraction of sp³-hybridized carbons (Fsp3) is 0.386. The second-order valence-electron chi connectivity index (χ2n) is 15.8. The highest BCUT2D eigenvalue weighted by Gasteiger charge is 2.27. The van der Waals surface area contributed by atoms with Crippen molar-refractivity contribution >= 4 is 84.7 Å². The molecular formula is C44H59N5O10S4. The number of anilines is 2. The first kappa shape index (κ1) is 52.1. The molecule has 0 unspecified atom stereocenters. The minimum absolute atomic E-state index is 0.0374. The lowest BCUT2D eigenvalue weighted by molar-refractivity contribution is -0.128. The number of ether oxygens (including phenoxy) is 3. The number of thioether (sulfide) groups is 1. The highest BCUT2D eigenvalue weighted by atomic mass is 32.3. The summed E-state index contributed by atoms with van der Waals surface area (Å²) in [4.78, 5) is 50.2. The van der Waals surface area contributed by atoms with Gasteiger partial charge in [0.2, 0.25) is 9.84 Å². The molecule has 0 fully saturated rings. The van der Waals surface area contributed by atoms with Crippen molar-refractivity contribution in [3.05, 3.63) is 82.7 Å². The van der Waals surface area contributed by atoms with Crippen LogP contribution >= 0.6 is 33.1 Å². The molecule has 0 aliphatic rings. The average Bonchev–Trinajstić information content (AvgIpc) is 3.66. The molecule has 0 aliphatic heterocycles. The summed E-state index contributed by atoms with van der Waals surface area (Å²) in [5.41, 5.74) is 8.81. The second-order valence-corrected chi connectivity index (χ2v) is 24.5. The Hall–Kier alpha value is -5.24. The number of carbonyl (C=O) groups excluding carboxylic acids is 3. The minimum atomic E-state index is -4.07. The lowest BCUT2D eigenvalue weighted by Gasteiger charge is -2.23. The molecule has 0 saturated carbocycles. The quantitative estimate of drug-likeness (QED) is 0.0195. The predicted molar refractivity (Wildman–Crippen MR) is 257 cm³/mol. The number of carboxylic acids is 1. The van der Waals surface area contributed by atoms with Gasteiger partial charge < -0.3 is 41.0 Å². The molecule has 6 N–H and O–H groups in total. The number of hydrogen-bond acceptors (Lipinski definition) is 12. The average molecular weight is 946 g/mol. The van der Waals surface area contributed by atoms with Gasteiger partial charge in [-0.3, -0.25) is 4.79 Å². The van der Waals surface area contributed by atoms with Gasteiger partial charge in [-0.25, -0.2) is 32.8 Å². The highest BCUT2D eigenvalue weighted by molar-refractivity contribution is 8.32. The Morgan fingerprint density at radius 3 is 2.27 bits per heavy atom. The number of hydrogen-bond donors (Lipinski definition) is 5. The van der Waals surface area contributed by atoms with Crippen LogP contribution in [0.4, 0.5) is 21.0 Å². The summed E-state index contributed by atoms with van der Waals surface area (Å²) in [5, 5.41) is 17.9. The van der Waals surface area contributed by atoms with E-state index in [-0.39, 0.29) is 21.2 Å². The summed E-state index contributed by atoms with van der Waals surface area (Å²) in [5.74, 6) is 0.454. The molecule has 63 heavy (non-hydrogen) atoms. The van der Waals surface area contributed by atoms with E-state index < -0.39 is 43.6 Å². The molecule has 1 aromatic heterocycles. The van der Waals surface area contributed by atoms with E-state index in [1.807, 2.05) is 13.0 Å². The van der Waals surface area contributed by atoms with Crippen molar-refractivity contribution in [3.8, 4) is 16.9 Å². The van der Waals surface area contributed by atoms with E-state index >= 15 is 0 Å². The third kappa shape index (κ3) is 17.1. The molecule has 0 aliphatic carbocycles. The summed E-state index contributed by atoms with van der Waals surface area (Å²) in [7, 11) is -2.78. The summed E-state index contributed by atoms with van der Waals surface area (Å²) in [6.45, 7) is 8.94. The Labute approximate surface area is 380 Å². The summed E-state index contributed by atoms with van der Waals surface area (Å²) in [6.07, 6.45) is 9.71. The number of aromatic carboxylic acids is 1. The van der Waals surface area contributed by atoms with E-state index in [1.54, 1.807) is 70.5 Å². The molecule has 4 aromatic rings. The van der Waals surface area contributed by atoms with Gasteiger partial charge in [0, 0.05) is 30.6 Å². The maximum atomic E-state index is 14.1.